The number of nitrogens with zero attached hydrogens (tertiary/aromatic N) is 2. The Balaban J connectivity index is 2.14. The van der Waals surface area contributed by atoms with Crippen LogP contribution in [0.4, 0.5) is 14.9 Å². The monoisotopic (exact) mass is 316 g/mol. The highest BCUT2D eigenvalue weighted by Gasteiger charge is 2.18. The molecule has 1 heterocycles. The number of anilines is 1. The minimum atomic E-state index is -0.642. The number of carbonyl (C=O) groups is 1. The topological polar surface area (TPSA) is 75.2 Å². The predicted octanol–water partition coefficient (Wildman–Crippen LogP) is 1.79. The smallest absolute Gasteiger partial charge is 0.336 e. The summed E-state index contributed by atoms with van der Waals surface area (Å²) in [6.45, 7) is 0.997. The highest BCUT2D eigenvalue weighted by molar-refractivity contribution is 6.33. The highest BCUT2D eigenvalue weighted by Crippen LogP contribution is 2.23. The number of hydrogen-bond acceptors (Lipinski definition) is 5. The zero-order valence-electron chi connectivity index (χ0n) is 11.2. The Morgan fingerprint density at radius 3 is 3.14 bits per heavy atom. The molecule has 9 heteroatoms. The van der Waals surface area contributed by atoms with Crippen LogP contribution >= 0.6 is 11.6 Å². The van der Waals surface area contributed by atoms with Crippen LogP contribution in [0.5, 0.6) is 0 Å². The first kappa shape index (κ1) is 15.5. The first-order chi connectivity index (χ1) is 10.1. The second kappa shape index (κ2) is 7.21. The number of benzene rings is 1. The Morgan fingerprint density at radius 2 is 2.48 bits per heavy atom. The van der Waals surface area contributed by atoms with Crippen LogP contribution in [0, 0.1) is 5.82 Å². The van der Waals surface area contributed by atoms with E-state index in [0.717, 1.165) is 6.07 Å². The number of nitrogens with one attached hydrogen (secondary N) is 2. The van der Waals surface area contributed by atoms with Gasteiger partial charge in [-0.1, -0.05) is 16.8 Å². The molecule has 0 aromatic heterocycles. The van der Waals surface area contributed by atoms with E-state index in [2.05, 4.69) is 20.7 Å². The molecule has 7 nitrogen and oxygen atoms in total. The fourth-order valence-corrected chi connectivity index (χ4v) is 1.86. The number of amides is 2. The number of urea groups is 1. The number of hydrazine groups is 1. The first-order valence-electron chi connectivity index (χ1n) is 6.07. The van der Waals surface area contributed by atoms with Gasteiger partial charge in [0.15, 0.2) is 0 Å². The Hall–Kier alpha value is -1.90. The van der Waals surface area contributed by atoms with Gasteiger partial charge in [-0.3, -0.25) is 5.01 Å². The molecular weight excluding hydrogens is 303 g/mol. The molecule has 1 saturated heterocycles. The van der Waals surface area contributed by atoms with Crippen molar-refractivity contribution in [2.24, 2.45) is 5.16 Å². The fourth-order valence-electron chi connectivity index (χ4n) is 1.66. The summed E-state index contributed by atoms with van der Waals surface area (Å²) in [5, 5.41) is 7.48. The SMILES string of the molecule is CON=Cc1cc(NC(=O)N2CCOCN2)c(F)cc1Cl. The van der Waals surface area contributed by atoms with E-state index in [1.54, 1.807) is 0 Å². The third kappa shape index (κ3) is 4.03. The summed E-state index contributed by atoms with van der Waals surface area (Å²) >= 11 is 5.88. The van der Waals surface area contributed by atoms with Crippen molar-refractivity contribution in [3.8, 4) is 0 Å². The van der Waals surface area contributed by atoms with Crippen LogP contribution in [-0.4, -0.2) is 44.2 Å². The maximum absolute atomic E-state index is 13.8. The summed E-state index contributed by atoms with van der Waals surface area (Å²) < 4.78 is 18.9. The molecule has 1 aromatic carbocycles. The molecule has 2 amide bonds. The van der Waals surface area contributed by atoms with Crippen LogP contribution in [0.25, 0.3) is 0 Å². The maximum atomic E-state index is 13.8. The van der Waals surface area contributed by atoms with Crippen molar-refractivity contribution in [3.05, 3.63) is 28.5 Å². The zero-order valence-corrected chi connectivity index (χ0v) is 12.0. The molecule has 0 spiro atoms. The van der Waals surface area contributed by atoms with Crippen molar-refractivity contribution in [1.82, 2.24) is 10.4 Å². The van der Waals surface area contributed by atoms with Gasteiger partial charge in [0.05, 0.1) is 30.1 Å². The van der Waals surface area contributed by atoms with Gasteiger partial charge in [-0.25, -0.2) is 14.6 Å². The van der Waals surface area contributed by atoms with E-state index in [-0.39, 0.29) is 17.4 Å². The van der Waals surface area contributed by atoms with Gasteiger partial charge in [0.2, 0.25) is 0 Å². The van der Waals surface area contributed by atoms with Gasteiger partial charge in [-0.05, 0) is 12.1 Å². The minimum absolute atomic E-state index is 0.00440. The molecule has 1 aliphatic heterocycles. The molecule has 0 bridgehead atoms. The molecule has 0 saturated carbocycles. The standard InChI is InChI=1S/C12H14ClFN4O3/c1-20-16-6-8-4-11(10(14)5-9(8)13)17-12(19)18-2-3-21-7-15-18/h4-6,15H,2-3,7H2,1H3,(H,17,19). The lowest BCUT2D eigenvalue weighted by molar-refractivity contribution is 0.00549. The molecule has 0 radical (unpaired) electrons. The van der Waals surface area contributed by atoms with Crippen molar-refractivity contribution >= 4 is 29.5 Å². The number of hydrogen-bond donors (Lipinski definition) is 2. The Kier molecular flexibility index (Phi) is 5.32. The van der Waals surface area contributed by atoms with Crippen LogP contribution < -0.4 is 10.7 Å². The lowest BCUT2D eigenvalue weighted by atomic mass is 10.2. The average molecular weight is 317 g/mol. The Bertz CT molecular complexity index is 550. The van der Waals surface area contributed by atoms with E-state index in [0.29, 0.717) is 18.7 Å². The molecule has 0 atom stereocenters. The number of oxime groups is 1. The molecule has 1 fully saturated rings. The molecule has 114 valence electrons. The molecular formula is C12H14ClFN4O3. The average Bonchev–Trinajstić information content (AvgIpc) is 2.49. The van der Waals surface area contributed by atoms with Crippen molar-refractivity contribution in [2.75, 3.05) is 32.3 Å². The van der Waals surface area contributed by atoms with Gasteiger partial charge >= 0.3 is 6.03 Å². The summed E-state index contributed by atoms with van der Waals surface area (Å²) in [5.74, 6) is -0.642. The maximum Gasteiger partial charge on any atom is 0.336 e. The van der Waals surface area contributed by atoms with Crippen molar-refractivity contribution in [2.45, 2.75) is 0 Å². The van der Waals surface area contributed by atoms with Gasteiger partial charge in [0.1, 0.15) is 19.7 Å². The van der Waals surface area contributed by atoms with E-state index in [4.69, 9.17) is 16.3 Å². The predicted molar refractivity (Wildman–Crippen MR) is 75.7 cm³/mol. The van der Waals surface area contributed by atoms with Crippen LogP contribution in [0.3, 0.4) is 0 Å². The van der Waals surface area contributed by atoms with E-state index in [1.165, 1.54) is 24.4 Å². The van der Waals surface area contributed by atoms with E-state index >= 15 is 0 Å². The van der Waals surface area contributed by atoms with Gasteiger partial charge in [0, 0.05) is 5.56 Å². The summed E-state index contributed by atoms with van der Waals surface area (Å²) in [6, 6.07) is 1.98. The summed E-state index contributed by atoms with van der Waals surface area (Å²) in [6.07, 6.45) is 1.32. The quantitative estimate of drug-likeness (QED) is 0.658. The van der Waals surface area contributed by atoms with E-state index < -0.39 is 11.8 Å². The second-order valence-electron chi connectivity index (χ2n) is 4.06. The second-order valence-corrected chi connectivity index (χ2v) is 4.47. The summed E-state index contributed by atoms with van der Waals surface area (Å²) in [7, 11) is 1.38. The first-order valence-corrected chi connectivity index (χ1v) is 6.45. The number of carbonyl (C=O) groups excluding carboxylic acids is 1. The lowest BCUT2D eigenvalue weighted by Crippen LogP contribution is -2.51. The highest BCUT2D eigenvalue weighted by atomic mass is 35.5. The molecule has 0 unspecified atom stereocenters. The molecule has 2 rings (SSSR count). The third-order valence-electron chi connectivity index (χ3n) is 2.69. The van der Waals surface area contributed by atoms with E-state index in [1.807, 2.05) is 0 Å². The van der Waals surface area contributed by atoms with Crippen molar-refractivity contribution < 1.29 is 18.8 Å². The minimum Gasteiger partial charge on any atom is -0.399 e. The number of rotatable bonds is 3. The van der Waals surface area contributed by atoms with Crippen LogP contribution in [0.1, 0.15) is 5.56 Å². The number of halogens is 2. The molecule has 1 aromatic rings. The largest absolute Gasteiger partial charge is 0.399 e. The Labute approximate surface area is 125 Å². The van der Waals surface area contributed by atoms with Crippen molar-refractivity contribution in [1.29, 1.82) is 0 Å². The van der Waals surface area contributed by atoms with Crippen LogP contribution in [-0.2, 0) is 9.57 Å². The molecule has 2 N–H and O–H groups in total. The summed E-state index contributed by atoms with van der Waals surface area (Å²) in [5.41, 5.74) is 3.14. The van der Waals surface area contributed by atoms with Crippen molar-refractivity contribution in [3.63, 3.8) is 0 Å². The fraction of sp³-hybridized carbons (Fsp3) is 0.333. The lowest BCUT2D eigenvalue weighted by Gasteiger charge is -2.27. The van der Waals surface area contributed by atoms with Gasteiger partial charge in [-0.2, -0.15) is 0 Å². The molecule has 21 heavy (non-hydrogen) atoms. The molecule has 1 aliphatic rings. The normalized spacial score (nSPS) is 15.3. The van der Waals surface area contributed by atoms with Gasteiger partial charge in [-0.15, -0.1) is 0 Å². The van der Waals surface area contributed by atoms with E-state index in [9.17, 15) is 9.18 Å². The number of ether oxygens (including phenoxy) is 1. The molecule has 0 aliphatic carbocycles. The summed E-state index contributed by atoms with van der Waals surface area (Å²) in [4.78, 5) is 16.5. The Morgan fingerprint density at radius 1 is 1.67 bits per heavy atom. The third-order valence-corrected chi connectivity index (χ3v) is 3.01. The van der Waals surface area contributed by atoms with Gasteiger partial charge in [0.25, 0.3) is 0 Å². The van der Waals surface area contributed by atoms with Crippen LogP contribution in [0.15, 0.2) is 17.3 Å². The zero-order chi connectivity index (χ0) is 15.2. The van der Waals surface area contributed by atoms with Crippen LogP contribution in [0.2, 0.25) is 5.02 Å². The van der Waals surface area contributed by atoms with Gasteiger partial charge < -0.3 is 14.9 Å².